The van der Waals surface area contributed by atoms with Gasteiger partial charge in [-0.2, -0.15) is 4.31 Å². The second-order valence-electron chi connectivity index (χ2n) is 8.36. The Morgan fingerprint density at radius 1 is 1.06 bits per heavy atom. The van der Waals surface area contributed by atoms with E-state index in [2.05, 4.69) is 18.5 Å². The predicted octanol–water partition coefficient (Wildman–Crippen LogP) is 5.62. The summed E-state index contributed by atoms with van der Waals surface area (Å²) in [6.45, 7) is 6.59. The van der Waals surface area contributed by atoms with E-state index in [1.54, 1.807) is 7.05 Å². The second-order valence-corrected chi connectivity index (χ2v) is 11.2. The average Bonchev–Trinajstić information content (AvgIpc) is 2.75. The first kappa shape index (κ1) is 26.6. The van der Waals surface area contributed by atoms with E-state index in [1.807, 2.05) is 6.08 Å². The molecule has 0 N–H and O–H groups in total. The van der Waals surface area contributed by atoms with Crippen LogP contribution in [0.3, 0.4) is 0 Å². The lowest BCUT2D eigenvalue weighted by molar-refractivity contribution is 0.0156. The summed E-state index contributed by atoms with van der Waals surface area (Å²) in [4.78, 5) is 2.46. The molecule has 0 spiro atoms. The molecule has 1 aliphatic rings. The normalized spacial score (nSPS) is 19.8. The largest absolute Gasteiger partial charge is 0.378 e. The molecule has 0 atom stereocenters. The van der Waals surface area contributed by atoms with Crippen LogP contribution in [0, 0.1) is 0 Å². The molecule has 8 heteroatoms. The van der Waals surface area contributed by atoms with Crippen LogP contribution in [0.5, 0.6) is 0 Å². The quantitative estimate of drug-likeness (QED) is 0.266. The SMILES string of the molecule is C=CCN(C)CCCCCCOC1CCC(N(C)S(=O)(=O)c2ccc(Cl)c(Cl)c2)CC1. The number of rotatable bonds is 13. The zero-order valence-electron chi connectivity index (χ0n) is 18.7. The van der Waals surface area contributed by atoms with Gasteiger partial charge < -0.3 is 9.64 Å². The number of ether oxygens (including phenoxy) is 1. The number of sulfonamides is 1. The van der Waals surface area contributed by atoms with Gasteiger partial charge in [-0.3, -0.25) is 0 Å². The highest BCUT2D eigenvalue weighted by Gasteiger charge is 2.32. The Kier molecular flexibility index (Phi) is 11.3. The molecule has 1 aromatic rings. The number of halogens is 2. The summed E-state index contributed by atoms with van der Waals surface area (Å²) >= 11 is 11.9. The molecule has 0 amide bonds. The topological polar surface area (TPSA) is 49.9 Å². The van der Waals surface area contributed by atoms with Gasteiger partial charge >= 0.3 is 0 Å². The Bertz CT molecular complexity index is 796. The van der Waals surface area contributed by atoms with E-state index in [0.29, 0.717) is 5.02 Å². The van der Waals surface area contributed by atoms with Crippen molar-refractivity contribution in [1.29, 1.82) is 0 Å². The molecule has 0 aliphatic heterocycles. The van der Waals surface area contributed by atoms with Crippen LogP contribution < -0.4 is 0 Å². The summed E-state index contributed by atoms with van der Waals surface area (Å²) in [5.41, 5.74) is 0. The predicted molar refractivity (Wildman–Crippen MR) is 130 cm³/mol. The molecule has 0 heterocycles. The third kappa shape index (κ3) is 8.34. The maximum atomic E-state index is 12.9. The summed E-state index contributed by atoms with van der Waals surface area (Å²) in [6.07, 6.45) is 10.2. The highest BCUT2D eigenvalue weighted by molar-refractivity contribution is 7.89. The van der Waals surface area contributed by atoms with Crippen LogP contribution in [0.4, 0.5) is 0 Å². The molecule has 0 saturated heterocycles. The van der Waals surface area contributed by atoms with Crippen LogP contribution >= 0.6 is 23.2 Å². The van der Waals surface area contributed by atoms with Gasteiger partial charge in [-0.25, -0.2) is 8.42 Å². The number of hydrogen-bond acceptors (Lipinski definition) is 4. The molecule has 1 aromatic carbocycles. The van der Waals surface area contributed by atoms with E-state index in [0.717, 1.165) is 51.8 Å². The molecule has 1 fully saturated rings. The lowest BCUT2D eigenvalue weighted by atomic mass is 9.93. The summed E-state index contributed by atoms with van der Waals surface area (Å²) < 4.78 is 33.4. The number of hydrogen-bond donors (Lipinski definition) is 0. The lowest BCUT2D eigenvalue weighted by Crippen LogP contribution is -2.40. The first-order valence-electron chi connectivity index (χ1n) is 11.1. The van der Waals surface area contributed by atoms with Crippen molar-refractivity contribution in [3.63, 3.8) is 0 Å². The van der Waals surface area contributed by atoms with Crippen LogP contribution in [-0.4, -0.2) is 63.6 Å². The first-order valence-corrected chi connectivity index (χ1v) is 13.3. The van der Waals surface area contributed by atoms with Gasteiger partial charge in [0.1, 0.15) is 0 Å². The minimum Gasteiger partial charge on any atom is -0.378 e. The molecule has 176 valence electrons. The summed E-state index contributed by atoms with van der Waals surface area (Å²) in [5.74, 6) is 0. The molecule has 5 nitrogen and oxygen atoms in total. The Balaban J connectivity index is 1.67. The zero-order valence-corrected chi connectivity index (χ0v) is 21.1. The second kappa shape index (κ2) is 13.2. The third-order valence-corrected chi connectivity index (χ3v) is 8.60. The van der Waals surface area contributed by atoms with E-state index in [4.69, 9.17) is 27.9 Å². The van der Waals surface area contributed by atoms with Gasteiger partial charge in [0, 0.05) is 26.2 Å². The molecule has 1 aliphatic carbocycles. The summed E-state index contributed by atoms with van der Waals surface area (Å²) in [5, 5.41) is 0.595. The number of benzene rings is 1. The fourth-order valence-corrected chi connectivity index (χ4v) is 5.78. The molecular weight excluding hydrogens is 455 g/mol. The van der Waals surface area contributed by atoms with E-state index >= 15 is 0 Å². The Morgan fingerprint density at radius 3 is 2.39 bits per heavy atom. The Morgan fingerprint density at radius 2 is 1.74 bits per heavy atom. The van der Waals surface area contributed by atoms with Gasteiger partial charge in [-0.05, 0) is 70.3 Å². The van der Waals surface area contributed by atoms with Crippen LogP contribution in [0.2, 0.25) is 10.0 Å². The van der Waals surface area contributed by atoms with Crippen LogP contribution in [-0.2, 0) is 14.8 Å². The third-order valence-electron chi connectivity index (χ3n) is 5.95. The highest BCUT2D eigenvalue weighted by Crippen LogP contribution is 2.30. The van der Waals surface area contributed by atoms with E-state index in [-0.39, 0.29) is 22.1 Å². The molecule has 0 aromatic heterocycles. The molecule has 0 bridgehead atoms. The van der Waals surface area contributed by atoms with Crippen molar-refractivity contribution < 1.29 is 13.2 Å². The fourth-order valence-electron chi connectivity index (χ4n) is 3.97. The first-order chi connectivity index (χ1) is 14.8. The maximum Gasteiger partial charge on any atom is 0.243 e. The van der Waals surface area contributed by atoms with Crippen molar-refractivity contribution in [3.05, 3.63) is 40.9 Å². The molecular formula is C23H36Cl2N2O3S. The smallest absolute Gasteiger partial charge is 0.243 e. The van der Waals surface area contributed by atoms with Crippen molar-refractivity contribution in [1.82, 2.24) is 9.21 Å². The minimum absolute atomic E-state index is 0.0214. The van der Waals surface area contributed by atoms with Crippen LogP contribution in [0.15, 0.2) is 35.7 Å². The van der Waals surface area contributed by atoms with Gasteiger partial charge in [0.15, 0.2) is 0 Å². The van der Waals surface area contributed by atoms with E-state index in [1.165, 1.54) is 41.8 Å². The van der Waals surface area contributed by atoms with E-state index < -0.39 is 10.0 Å². The van der Waals surface area contributed by atoms with Gasteiger partial charge in [-0.15, -0.1) is 6.58 Å². The lowest BCUT2D eigenvalue weighted by Gasteiger charge is -2.34. The molecule has 0 radical (unpaired) electrons. The van der Waals surface area contributed by atoms with Crippen LogP contribution in [0.25, 0.3) is 0 Å². The maximum absolute atomic E-state index is 12.9. The van der Waals surface area contributed by atoms with Crippen molar-refractivity contribution in [2.45, 2.75) is 68.4 Å². The highest BCUT2D eigenvalue weighted by atomic mass is 35.5. The van der Waals surface area contributed by atoms with Crippen LogP contribution in [0.1, 0.15) is 51.4 Å². The summed E-state index contributed by atoms with van der Waals surface area (Å²) in [7, 11) is 0.174. The minimum atomic E-state index is -3.59. The van der Waals surface area contributed by atoms with E-state index in [9.17, 15) is 8.42 Å². The standard InChI is InChI=1S/C23H36Cl2N2O3S/c1-4-15-26(2)16-7-5-6-8-17-30-20-11-9-19(10-12-20)27(3)31(28,29)21-13-14-22(24)23(25)18-21/h4,13-14,18-20H,1,5-12,15-17H2,2-3H3. The summed E-state index contributed by atoms with van der Waals surface area (Å²) in [6, 6.07) is 4.43. The Hall–Kier alpha value is -0.630. The number of likely N-dealkylation sites (N-methyl/N-ethyl adjacent to an activating group) is 1. The molecule has 0 unspecified atom stereocenters. The zero-order chi connectivity index (χ0) is 22.9. The number of nitrogens with zero attached hydrogens (tertiary/aromatic N) is 2. The Labute approximate surface area is 198 Å². The van der Waals surface area contributed by atoms with Crippen molar-refractivity contribution >= 4 is 33.2 Å². The molecule has 2 rings (SSSR count). The van der Waals surface area contributed by atoms with Gasteiger partial charge in [0.05, 0.1) is 21.0 Å². The molecule has 31 heavy (non-hydrogen) atoms. The monoisotopic (exact) mass is 490 g/mol. The van der Waals surface area contributed by atoms with Crippen molar-refractivity contribution in [3.8, 4) is 0 Å². The van der Waals surface area contributed by atoms with Gasteiger partial charge in [0.2, 0.25) is 10.0 Å². The average molecular weight is 492 g/mol. The van der Waals surface area contributed by atoms with Gasteiger partial charge in [-0.1, -0.05) is 42.1 Å². The van der Waals surface area contributed by atoms with Crippen molar-refractivity contribution in [2.75, 3.05) is 33.8 Å². The number of unbranched alkanes of at least 4 members (excludes halogenated alkanes) is 3. The van der Waals surface area contributed by atoms with Gasteiger partial charge in [0.25, 0.3) is 0 Å². The van der Waals surface area contributed by atoms with Crippen molar-refractivity contribution in [2.24, 2.45) is 0 Å². The fraction of sp³-hybridized carbons (Fsp3) is 0.652. The molecule has 1 saturated carbocycles.